The second-order valence-corrected chi connectivity index (χ2v) is 4.30. The molecule has 0 unspecified atom stereocenters. The van der Waals surface area contributed by atoms with E-state index in [-0.39, 0.29) is 10.8 Å². The fraction of sp³-hybridized carbons (Fsp3) is 0.0909. The highest BCUT2D eigenvalue weighted by Crippen LogP contribution is 2.32. The van der Waals surface area contributed by atoms with Crippen LogP contribution in [0.4, 0.5) is 17.6 Å². The second kappa shape index (κ2) is 5.41. The van der Waals surface area contributed by atoms with Crippen LogP contribution in [0.1, 0.15) is 5.82 Å². The van der Waals surface area contributed by atoms with Crippen molar-refractivity contribution < 1.29 is 22.3 Å². The van der Waals surface area contributed by atoms with Gasteiger partial charge >= 0.3 is 6.18 Å². The van der Waals surface area contributed by atoms with E-state index in [2.05, 4.69) is 9.97 Å². The van der Waals surface area contributed by atoms with Crippen molar-refractivity contribution in [1.29, 1.82) is 0 Å². The number of benzene rings is 1. The van der Waals surface area contributed by atoms with Crippen LogP contribution >= 0.6 is 23.2 Å². The minimum atomic E-state index is -4.80. The molecule has 0 bridgehead atoms. The van der Waals surface area contributed by atoms with E-state index < -0.39 is 28.9 Å². The van der Waals surface area contributed by atoms with Crippen molar-refractivity contribution in [3.63, 3.8) is 0 Å². The molecule has 0 aliphatic carbocycles. The van der Waals surface area contributed by atoms with Crippen molar-refractivity contribution in [2.45, 2.75) is 6.18 Å². The maximum Gasteiger partial charge on any atom is 0.451 e. The zero-order valence-electron chi connectivity index (χ0n) is 9.38. The summed E-state index contributed by atoms with van der Waals surface area (Å²) in [6.45, 7) is 0. The number of ether oxygens (including phenoxy) is 1. The fourth-order valence-electron chi connectivity index (χ4n) is 1.25. The summed E-state index contributed by atoms with van der Waals surface area (Å²) >= 11 is 11.0. The van der Waals surface area contributed by atoms with Crippen LogP contribution in [0.2, 0.25) is 10.2 Å². The Kier molecular flexibility index (Phi) is 4.01. The van der Waals surface area contributed by atoms with Gasteiger partial charge in [-0.1, -0.05) is 29.3 Å². The zero-order chi connectivity index (χ0) is 14.9. The molecule has 0 atom stereocenters. The number of alkyl halides is 3. The highest BCUT2D eigenvalue weighted by Gasteiger charge is 2.35. The molecule has 0 N–H and O–H groups in total. The summed E-state index contributed by atoms with van der Waals surface area (Å²) in [6.07, 6.45) is -4.80. The Balaban J connectivity index is 2.39. The van der Waals surface area contributed by atoms with Gasteiger partial charge in [0.1, 0.15) is 5.15 Å². The Labute approximate surface area is 120 Å². The fourth-order valence-corrected chi connectivity index (χ4v) is 1.59. The zero-order valence-corrected chi connectivity index (χ0v) is 10.9. The molecule has 9 heteroatoms. The van der Waals surface area contributed by atoms with Crippen LogP contribution in [-0.4, -0.2) is 9.97 Å². The van der Waals surface area contributed by atoms with Crippen molar-refractivity contribution >= 4 is 23.2 Å². The molecule has 1 heterocycles. The summed E-state index contributed by atoms with van der Waals surface area (Å²) in [4.78, 5) is 6.13. The molecule has 20 heavy (non-hydrogen) atoms. The van der Waals surface area contributed by atoms with Crippen molar-refractivity contribution in [1.82, 2.24) is 9.97 Å². The SMILES string of the molecule is Fc1c(Cl)cccc1Oc1cc(Cl)nc(C(F)(F)F)n1. The number of hydrogen-bond acceptors (Lipinski definition) is 3. The molecule has 0 aliphatic rings. The van der Waals surface area contributed by atoms with Gasteiger partial charge in [-0.3, -0.25) is 0 Å². The number of nitrogens with zero attached hydrogens (tertiary/aromatic N) is 2. The summed E-state index contributed by atoms with van der Waals surface area (Å²) in [5, 5.41) is -0.719. The Morgan fingerprint density at radius 2 is 1.80 bits per heavy atom. The molecule has 0 spiro atoms. The van der Waals surface area contributed by atoms with E-state index in [0.29, 0.717) is 0 Å². The molecular weight excluding hydrogens is 323 g/mol. The summed E-state index contributed by atoms with van der Waals surface area (Å²) < 4.78 is 56.0. The lowest BCUT2D eigenvalue weighted by atomic mass is 10.3. The molecule has 1 aromatic carbocycles. The average Bonchev–Trinajstić information content (AvgIpc) is 2.33. The first-order valence-corrected chi connectivity index (χ1v) is 5.76. The van der Waals surface area contributed by atoms with E-state index >= 15 is 0 Å². The summed E-state index contributed by atoms with van der Waals surface area (Å²) in [6, 6.07) is 4.74. The van der Waals surface area contributed by atoms with E-state index in [4.69, 9.17) is 27.9 Å². The van der Waals surface area contributed by atoms with E-state index in [1.807, 2.05) is 0 Å². The first-order chi connectivity index (χ1) is 9.27. The second-order valence-electron chi connectivity index (χ2n) is 3.50. The standard InChI is InChI=1S/C11H4Cl2F4N2O/c12-5-2-1-3-6(9(5)14)20-8-4-7(13)18-10(19-8)11(15,16)17/h1-4H. The molecule has 0 saturated carbocycles. The quantitative estimate of drug-likeness (QED) is 0.591. The Hall–Kier alpha value is -1.60. The lowest BCUT2D eigenvalue weighted by Crippen LogP contribution is -2.11. The van der Waals surface area contributed by atoms with Gasteiger partial charge in [-0.15, -0.1) is 0 Å². The van der Waals surface area contributed by atoms with Crippen molar-refractivity contribution in [2.75, 3.05) is 0 Å². The first-order valence-electron chi connectivity index (χ1n) is 5.01. The van der Waals surface area contributed by atoms with E-state index in [1.165, 1.54) is 18.2 Å². The van der Waals surface area contributed by atoms with Gasteiger partial charge in [0, 0.05) is 6.07 Å². The Morgan fingerprint density at radius 1 is 1.10 bits per heavy atom. The van der Waals surface area contributed by atoms with Gasteiger partial charge in [0.15, 0.2) is 11.6 Å². The van der Waals surface area contributed by atoms with Crippen LogP contribution < -0.4 is 4.74 Å². The van der Waals surface area contributed by atoms with Gasteiger partial charge in [0.2, 0.25) is 11.7 Å². The third-order valence-electron chi connectivity index (χ3n) is 2.06. The monoisotopic (exact) mass is 326 g/mol. The first kappa shape index (κ1) is 14.8. The molecule has 0 amide bonds. The normalized spacial score (nSPS) is 11.5. The van der Waals surface area contributed by atoms with E-state index in [9.17, 15) is 17.6 Å². The molecule has 0 saturated heterocycles. The average molecular weight is 327 g/mol. The predicted octanol–water partition coefficient (Wildman–Crippen LogP) is 4.73. The Bertz CT molecular complexity index is 649. The predicted molar refractivity (Wildman–Crippen MR) is 63.5 cm³/mol. The minimum Gasteiger partial charge on any atom is -0.436 e. The lowest BCUT2D eigenvalue weighted by Gasteiger charge is -2.09. The molecular formula is C11H4Cl2F4N2O. The highest BCUT2D eigenvalue weighted by atomic mass is 35.5. The molecule has 1 aromatic heterocycles. The van der Waals surface area contributed by atoms with E-state index in [1.54, 1.807) is 0 Å². The van der Waals surface area contributed by atoms with Crippen LogP contribution in [0.15, 0.2) is 24.3 Å². The molecule has 0 aliphatic heterocycles. The van der Waals surface area contributed by atoms with Gasteiger partial charge in [-0.05, 0) is 12.1 Å². The Morgan fingerprint density at radius 3 is 2.45 bits per heavy atom. The topological polar surface area (TPSA) is 35.0 Å². The molecule has 0 fully saturated rings. The maximum absolute atomic E-state index is 13.6. The summed E-state index contributed by atoms with van der Waals surface area (Å²) in [7, 11) is 0. The number of rotatable bonds is 2. The largest absolute Gasteiger partial charge is 0.451 e. The number of aromatic nitrogens is 2. The molecule has 2 rings (SSSR count). The van der Waals surface area contributed by atoms with Gasteiger partial charge in [-0.2, -0.15) is 18.2 Å². The van der Waals surface area contributed by atoms with E-state index in [0.717, 1.165) is 6.07 Å². The minimum absolute atomic E-state index is 0.237. The lowest BCUT2D eigenvalue weighted by molar-refractivity contribution is -0.145. The summed E-state index contributed by atoms with van der Waals surface area (Å²) in [5.41, 5.74) is 0. The number of hydrogen-bond donors (Lipinski definition) is 0. The van der Waals surface area contributed by atoms with Gasteiger partial charge < -0.3 is 4.74 Å². The summed E-state index contributed by atoms with van der Waals surface area (Å²) in [5.74, 6) is -3.32. The van der Waals surface area contributed by atoms with Gasteiger partial charge in [-0.25, -0.2) is 9.37 Å². The van der Waals surface area contributed by atoms with Gasteiger partial charge in [0.05, 0.1) is 5.02 Å². The van der Waals surface area contributed by atoms with Crippen LogP contribution in [0.25, 0.3) is 0 Å². The van der Waals surface area contributed by atoms with Crippen LogP contribution in [0.3, 0.4) is 0 Å². The maximum atomic E-state index is 13.6. The van der Waals surface area contributed by atoms with Crippen molar-refractivity contribution in [3.05, 3.63) is 46.1 Å². The third-order valence-corrected chi connectivity index (χ3v) is 2.54. The van der Waals surface area contributed by atoms with Crippen LogP contribution in [0, 0.1) is 5.82 Å². The third kappa shape index (κ3) is 3.29. The highest BCUT2D eigenvalue weighted by molar-refractivity contribution is 6.30. The van der Waals surface area contributed by atoms with Crippen LogP contribution in [-0.2, 0) is 6.18 Å². The van der Waals surface area contributed by atoms with Gasteiger partial charge in [0.25, 0.3) is 0 Å². The molecule has 106 valence electrons. The number of halogens is 6. The molecule has 0 radical (unpaired) electrons. The van der Waals surface area contributed by atoms with Crippen molar-refractivity contribution in [3.8, 4) is 11.6 Å². The smallest absolute Gasteiger partial charge is 0.436 e. The van der Waals surface area contributed by atoms with Crippen molar-refractivity contribution in [2.24, 2.45) is 0 Å². The molecule has 2 aromatic rings. The van der Waals surface area contributed by atoms with Crippen LogP contribution in [0.5, 0.6) is 11.6 Å². The molecule has 3 nitrogen and oxygen atoms in total.